The van der Waals surface area contributed by atoms with E-state index in [2.05, 4.69) is 5.32 Å². The van der Waals surface area contributed by atoms with Crippen molar-refractivity contribution >= 4 is 21.6 Å². The highest BCUT2D eigenvalue weighted by atomic mass is 32.2. The molecule has 6 nitrogen and oxygen atoms in total. The maximum atomic E-state index is 13.9. The Bertz CT molecular complexity index is 974. The van der Waals surface area contributed by atoms with Crippen LogP contribution in [0.15, 0.2) is 47.4 Å². The number of para-hydroxylation sites is 1. The molecule has 0 radical (unpaired) electrons. The first-order valence-electron chi connectivity index (χ1n) is 8.80. The number of halogens is 2. The second-order valence-corrected chi connectivity index (χ2v) is 8.52. The van der Waals surface area contributed by atoms with Crippen LogP contribution in [0.2, 0.25) is 0 Å². The van der Waals surface area contributed by atoms with Crippen LogP contribution in [0.1, 0.15) is 5.56 Å². The van der Waals surface area contributed by atoms with Crippen LogP contribution < -0.4 is 5.32 Å². The number of hydrogen-bond donors (Lipinski definition) is 1. The lowest BCUT2D eigenvalue weighted by Gasteiger charge is -2.33. The number of anilines is 1. The molecule has 1 N–H and O–H groups in total. The van der Waals surface area contributed by atoms with Crippen LogP contribution in [0, 0.1) is 18.6 Å². The number of benzene rings is 2. The molecule has 0 aromatic heterocycles. The first kappa shape index (κ1) is 20.4. The maximum Gasteiger partial charge on any atom is 0.246 e. The minimum Gasteiger partial charge on any atom is -0.325 e. The lowest BCUT2D eigenvalue weighted by Crippen LogP contribution is -2.50. The molecule has 0 aliphatic carbocycles. The Hall–Kier alpha value is -2.36. The molecule has 1 aliphatic rings. The highest BCUT2D eigenvalue weighted by molar-refractivity contribution is 7.89. The van der Waals surface area contributed by atoms with Crippen molar-refractivity contribution < 1.29 is 22.0 Å². The van der Waals surface area contributed by atoms with Gasteiger partial charge in [0.25, 0.3) is 0 Å². The van der Waals surface area contributed by atoms with E-state index in [0.29, 0.717) is 19.2 Å². The largest absolute Gasteiger partial charge is 0.325 e. The molecule has 28 heavy (non-hydrogen) atoms. The van der Waals surface area contributed by atoms with Gasteiger partial charge < -0.3 is 5.32 Å². The summed E-state index contributed by atoms with van der Waals surface area (Å²) in [6, 6.07) is 9.83. The molecular formula is C19H21F2N3O3S. The zero-order valence-electron chi connectivity index (χ0n) is 15.4. The lowest BCUT2D eigenvalue weighted by molar-refractivity contribution is -0.117. The van der Waals surface area contributed by atoms with E-state index in [9.17, 15) is 22.0 Å². The summed E-state index contributed by atoms with van der Waals surface area (Å²) in [4.78, 5) is 13.5. The van der Waals surface area contributed by atoms with Crippen molar-refractivity contribution in [3.05, 3.63) is 59.7 Å². The fourth-order valence-corrected chi connectivity index (χ4v) is 4.53. The Morgan fingerprint density at radius 1 is 1.07 bits per heavy atom. The van der Waals surface area contributed by atoms with E-state index in [1.807, 2.05) is 36.1 Å². The standard InChI is InChI=1S/C19H21F2N3O3S/c1-14-4-2-3-5-17(14)22-19(25)13-23-8-10-24(11-9-23)28(26,27)18-7-6-15(20)12-16(18)21/h2-7,12H,8-11,13H2,1H3,(H,22,25). The molecule has 1 aliphatic heterocycles. The molecule has 1 fully saturated rings. The molecular weight excluding hydrogens is 388 g/mol. The monoisotopic (exact) mass is 409 g/mol. The molecule has 3 rings (SSSR count). The van der Waals surface area contributed by atoms with Gasteiger partial charge in [0.1, 0.15) is 16.5 Å². The minimum atomic E-state index is -4.05. The Morgan fingerprint density at radius 3 is 2.39 bits per heavy atom. The topological polar surface area (TPSA) is 69.7 Å². The SMILES string of the molecule is Cc1ccccc1NC(=O)CN1CCN(S(=O)(=O)c2ccc(F)cc2F)CC1. The van der Waals surface area contributed by atoms with Gasteiger partial charge in [-0.25, -0.2) is 17.2 Å². The molecule has 0 unspecified atom stereocenters. The van der Waals surface area contributed by atoms with Crippen molar-refractivity contribution in [2.24, 2.45) is 0 Å². The van der Waals surface area contributed by atoms with Crippen molar-refractivity contribution in [3.63, 3.8) is 0 Å². The number of amides is 1. The van der Waals surface area contributed by atoms with Crippen LogP contribution in [-0.4, -0.2) is 56.3 Å². The Balaban J connectivity index is 1.58. The molecule has 2 aromatic rings. The first-order chi connectivity index (χ1) is 13.3. The fraction of sp³-hybridized carbons (Fsp3) is 0.316. The van der Waals surface area contributed by atoms with E-state index in [4.69, 9.17) is 0 Å². The summed E-state index contributed by atoms with van der Waals surface area (Å²) in [5.41, 5.74) is 1.69. The molecule has 1 saturated heterocycles. The summed E-state index contributed by atoms with van der Waals surface area (Å²) in [6.07, 6.45) is 0. The average molecular weight is 409 g/mol. The van der Waals surface area contributed by atoms with Crippen LogP contribution in [-0.2, 0) is 14.8 Å². The third kappa shape index (κ3) is 4.54. The second kappa shape index (κ2) is 8.34. The van der Waals surface area contributed by atoms with Crippen molar-refractivity contribution in [2.45, 2.75) is 11.8 Å². The lowest BCUT2D eigenvalue weighted by atomic mass is 10.2. The zero-order valence-corrected chi connectivity index (χ0v) is 16.2. The minimum absolute atomic E-state index is 0.122. The Kier molecular flexibility index (Phi) is 6.07. The number of sulfonamides is 1. The van der Waals surface area contributed by atoms with Crippen molar-refractivity contribution in [1.82, 2.24) is 9.21 Å². The van der Waals surface area contributed by atoms with Crippen LogP contribution in [0.3, 0.4) is 0 Å². The molecule has 0 bridgehead atoms. The van der Waals surface area contributed by atoms with Gasteiger partial charge in [-0.2, -0.15) is 4.31 Å². The third-order valence-electron chi connectivity index (χ3n) is 4.63. The van der Waals surface area contributed by atoms with Gasteiger partial charge in [-0.3, -0.25) is 9.69 Å². The molecule has 2 aromatic carbocycles. The van der Waals surface area contributed by atoms with Gasteiger partial charge in [0.2, 0.25) is 15.9 Å². The van der Waals surface area contributed by atoms with E-state index in [1.165, 1.54) is 0 Å². The smallest absolute Gasteiger partial charge is 0.246 e. The predicted octanol–water partition coefficient (Wildman–Crippen LogP) is 2.22. The number of rotatable bonds is 5. The van der Waals surface area contributed by atoms with E-state index in [1.54, 1.807) is 0 Å². The molecule has 0 saturated carbocycles. The van der Waals surface area contributed by atoms with Crippen molar-refractivity contribution in [3.8, 4) is 0 Å². The van der Waals surface area contributed by atoms with Gasteiger partial charge in [0, 0.05) is 37.9 Å². The number of carbonyl (C=O) groups excluding carboxylic acids is 1. The summed E-state index contributed by atoms with van der Waals surface area (Å²) < 4.78 is 53.3. The molecule has 1 heterocycles. The quantitative estimate of drug-likeness (QED) is 0.822. The van der Waals surface area contributed by atoms with Gasteiger partial charge >= 0.3 is 0 Å². The van der Waals surface area contributed by atoms with Crippen LogP contribution >= 0.6 is 0 Å². The van der Waals surface area contributed by atoms with Crippen LogP contribution in [0.5, 0.6) is 0 Å². The highest BCUT2D eigenvalue weighted by Crippen LogP contribution is 2.21. The average Bonchev–Trinajstić information content (AvgIpc) is 2.64. The molecule has 150 valence electrons. The van der Waals surface area contributed by atoms with Crippen LogP contribution in [0.25, 0.3) is 0 Å². The number of nitrogens with one attached hydrogen (secondary N) is 1. The molecule has 9 heteroatoms. The zero-order chi connectivity index (χ0) is 20.3. The summed E-state index contributed by atoms with van der Waals surface area (Å²) in [5, 5.41) is 2.84. The van der Waals surface area contributed by atoms with Gasteiger partial charge in [0.05, 0.1) is 6.54 Å². The van der Waals surface area contributed by atoms with Crippen molar-refractivity contribution in [1.29, 1.82) is 0 Å². The normalized spacial score (nSPS) is 16.1. The molecule has 1 amide bonds. The Labute approximate surface area is 162 Å². The first-order valence-corrected chi connectivity index (χ1v) is 10.2. The van der Waals surface area contributed by atoms with E-state index in [-0.39, 0.29) is 25.5 Å². The highest BCUT2D eigenvalue weighted by Gasteiger charge is 2.31. The second-order valence-electron chi connectivity index (χ2n) is 6.62. The van der Waals surface area contributed by atoms with Gasteiger partial charge in [-0.1, -0.05) is 18.2 Å². The third-order valence-corrected chi connectivity index (χ3v) is 6.56. The van der Waals surface area contributed by atoms with E-state index in [0.717, 1.165) is 27.7 Å². The van der Waals surface area contributed by atoms with E-state index < -0.39 is 26.6 Å². The van der Waals surface area contributed by atoms with Gasteiger partial charge in [-0.05, 0) is 30.7 Å². The summed E-state index contributed by atoms with van der Waals surface area (Å²) in [6.45, 7) is 2.95. The predicted molar refractivity (Wildman–Crippen MR) is 101 cm³/mol. The number of piperazine rings is 1. The number of nitrogens with zero attached hydrogens (tertiary/aromatic N) is 2. The van der Waals surface area contributed by atoms with Gasteiger partial charge in [0.15, 0.2) is 0 Å². The number of aryl methyl sites for hydroxylation is 1. The van der Waals surface area contributed by atoms with Crippen LogP contribution in [0.4, 0.5) is 14.5 Å². The summed E-state index contributed by atoms with van der Waals surface area (Å²) >= 11 is 0. The van der Waals surface area contributed by atoms with Gasteiger partial charge in [-0.15, -0.1) is 0 Å². The summed E-state index contributed by atoms with van der Waals surface area (Å²) in [5.74, 6) is -2.13. The molecule has 0 atom stereocenters. The maximum absolute atomic E-state index is 13.9. The van der Waals surface area contributed by atoms with E-state index >= 15 is 0 Å². The number of carbonyl (C=O) groups is 1. The Morgan fingerprint density at radius 2 is 1.75 bits per heavy atom. The van der Waals surface area contributed by atoms with Crippen molar-refractivity contribution in [2.75, 3.05) is 38.0 Å². The summed E-state index contributed by atoms with van der Waals surface area (Å²) in [7, 11) is -4.05. The molecule has 0 spiro atoms. The fourth-order valence-electron chi connectivity index (χ4n) is 3.06. The number of hydrogen-bond acceptors (Lipinski definition) is 4.